The number of ether oxygens (including phenoxy) is 1. The van der Waals surface area contributed by atoms with Crippen molar-refractivity contribution in [3.63, 3.8) is 0 Å². The van der Waals surface area contributed by atoms with E-state index in [2.05, 4.69) is 22.4 Å². The first kappa shape index (κ1) is 23.8. The fraction of sp³-hybridized carbons (Fsp3) is 0.304. The summed E-state index contributed by atoms with van der Waals surface area (Å²) in [7, 11) is 0. The Morgan fingerprint density at radius 1 is 1.22 bits per heavy atom. The molecule has 3 aromatic rings. The van der Waals surface area contributed by atoms with Gasteiger partial charge in [0.15, 0.2) is 11.8 Å². The normalized spacial score (nSPS) is 11.8. The van der Waals surface area contributed by atoms with E-state index in [1.807, 2.05) is 56.3 Å². The summed E-state index contributed by atoms with van der Waals surface area (Å²) in [5, 5.41) is 11.9. The molecule has 0 bridgehead atoms. The molecule has 0 aliphatic rings. The van der Waals surface area contributed by atoms with E-state index in [1.54, 1.807) is 10.9 Å². The van der Waals surface area contributed by atoms with Crippen molar-refractivity contribution in [1.82, 2.24) is 20.1 Å². The van der Waals surface area contributed by atoms with Gasteiger partial charge in [-0.15, -0.1) is 10.2 Å². The molecule has 0 radical (unpaired) electrons. The Morgan fingerprint density at radius 2 is 1.97 bits per heavy atom. The minimum Gasteiger partial charge on any atom is -0.455 e. The van der Waals surface area contributed by atoms with Crippen LogP contribution in [0.1, 0.15) is 36.6 Å². The van der Waals surface area contributed by atoms with Crippen LogP contribution >= 0.6 is 23.4 Å². The largest absolute Gasteiger partial charge is 0.455 e. The number of esters is 1. The summed E-state index contributed by atoms with van der Waals surface area (Å²) in [6.45, 7) is 5.56. The van der Waals surface area contributed by atoms with Gasteiger partial charge in [0.25, 0.3) is 5.91 Å². The summed E-state index contributed by atoms with van der Waals surface area (Å²) in [5.41, 5.74) is 3.99. The van der Waals surface area contributed by atoms with Crippen molar-refractivity contribution in [2.75, 3.05) is 12.4 Å². The standard InChI is InChI=1S/C23H25ClN4O3S/c1-4-17-6-8-18(9-7-17)16(3)26-21(29)12-31-22(30)13-32-23-27-25-14-28(23)19-10-5-15(2)20(24)11-19/h5-11,14,16H,4,12-13H2,1-3H3,(H,26,29). The van der Waals surface area contributed by atoms with E-state index in [9.17, 15) is 9.59 Å². The molecule has 9 heteroatoms. The number of thioether (sulfide) groups is 1. The first-order valence-electron chi connectivity index (χ1n) is 10.2. The van der Waals surface area contributed by atoms with E-state index in [-0.39, 0.29) is 24.3 Å². The van der Waals surface area contributed by atoms with Gasteiger partial charge in [-0.05, 0) is 49.1 Å². The van der Waals surface area contributed by atoms with E-state index in [4.69, 9.17) is 16.3 Å². The maximum Gasteiger partial charge on any atom is 0.316 e. The van der Waals surface area contributed by atoms with E-state index < -0.39 is 5.97 Å². The quantitative estimate of drug-likeness (QED) is 0.369. The summed E-state index contributed by atoms with van der Waals surface area (Å²) in [5.74, 6) is -0.867. The van der Waals surface area contributed by atoms with Crippen LogP contribution in [0.3, 0.4) is 0 Å². The highest BCUT2D eigenvalue weighted by Gasteiger charge is 2.14. The molecule has 0 spiro atoms. The van der Waals surface area contributed by atoms with Crippen molar-refractivity contribution >= 4 is 35.2 Å². The van der Waals surface area contributed by atoms with Crippen LogP contribution in [0, 0.1) is 6.92 Å². The molecule has 1 amide bonds. The van der Waals surface area contributed by atoms with Crippen molar-refractivity contribution in [2.24, 2.45) is 0 Å². The zero-order valence-electron chi connectivity index (χ0n) is 18.2. The summed E-state index contributed by atoms with van der Waals surface area (Å²) in [4.78, 5) is 24.3. The van der Waals surface area contributed by atoms with Crippen molar-refractivity contribution in [1.29, 1.82) is 0 Å². The second-order valence-electron chi connectivity index (χ2n) is 7.25. The monoisotopic (exact) mass is 472 g/mol. The van der Waals surface area contributed by atoms with Crippen LogP contribution in [0.5, 0.6) is 0 Å². The third-order valence-corrected chi connectivity index (χ3v) is 6.22. The number of nitrogens with one attached hydrogen (secondary N) is 1. The molecule has 0 saturated carbocycles. The number of aryl methyl sites for hydroxylation is 2. The number of aromatic nitrogens is 3. The fourth-order valence-corrected chi connectivity index (χ4v) is 3.85. The Hall–Kier alpha value is -2.84. The van der Waals surface area contributed by atoms with Crippen molar-refractivity contribution < 1.29 is 14.3 Å². The zero-order valence-corrected chi connectivity index (χ0v) is 19.7. The lowest BCUT2D eigenvalue weighted by molar-refractivity contribution is -0.146. The lowest BCUT2D eigenvalue weighted by Crippen LogP contribution is -2.31. The highest BCUT2D eigenvalue weighted by atomic mass is 35.5. The van der Waals surface area contributed by atoms with Gasteiger partial charge in [-0.1, -0.05) is 60.6 Å². The number of carbonyl (C=O) groups excluding carboxylic acids is 2. The minimum atomic E-state index is -0.512. The molecule has 32 heavy (non-hydrogen) atoms. The molecule has 3 rings (SSSR count). The van der Waals surface area contributed by atoms with E-state index in [0.29, 0.717) is 10.2 Å². The third kappa shape index (κ3) is 6.34. The molecule has 7 nitrogen and oxygen atoms in total. The van der Waals surface area contributed by atoms with Crippen LogP contribution in [0.25, 0.3) is 5.69 Å². The number of halogens is 1. The third-order valence-electron chi connectivity index (χ3n) is 4.90. The molecular weight excluding hydrogens is 448 g/mol. The molecule has 1 heterocycles. The lowest BCUT2D eigenvalue weighted by Gasteiger charge is -2.15. The fourth-order valence-electron chi connectivity index (χ4n) is 2.95. The lowest BCUT2D eigenvalue weighted by atomic mass is 10.1. The molecule has 1 N–H and O–H groups in total. The van der Waals surface area contributed by atoms with E-state index in [0.717, 1.165) is 23.2 Å². The molecule has 0 aliphatic carbocycles. The van der Waals surface area contributed by atoms with Crippen molar-refractivity contribution in [3.05, 3.63) is 70.5 Å². The first-order valence-corrected chi connectivity index (χ1v) is 11.6. The van der Waals surface area contributed by atoms with Gasteiger partial charge < -0.3 is 10.1 Å². The number of benzene rings is 2. The average Bonchev–Trinajstić information content (AvgIpc) is 3.26. The molecule has 168 valence electrons. The Kier molecular flexibility index (Phi) is 8.30. The summed E-state index contributed by atoms with van der Waals surface area (Å²) < 4.78 is 6.84. The van der Waals surface area contributed by atoms with Gasteiger partial charge in [-0.25, -0.2) is 0 Å². The van der Waals surface area contributed by atoms with Crippen molar-refractivity contribution in [2.45, 2.75) is 38.4 Å². The van der Waals surface area contributed by atoms with E-state index >= 15 is 0 Å². The highest BCUT2D eigenvalue weighted by Crippen LogP contribution is 2.23. The van der Waals surface area contributed by atoms with E-state index in [1.165, 1.54) is 17.3 Å². The Bertz CT molecular complexity index is 1090. The maximum atomic E-state index is 12.2. The van der Waals surface area contributed by atoms with Gasteiger partial charge in [0, 0.05) is 5.02 Å². The molecule has 0 aliphatic heterocycles. The minimum absolute atomic E-state index is 0.000397. The van der Waals surface area contributed by atoms with Crippen LogP contribution in [-0.2, 0) is 20.7 Å². The molecule has 1 atom stereocenters. The van der Waals surface area contributed by atoms with Gasteiger partial charge in [0.2, 0.25) is 0 Å². The summed E-state index contributed by atoms with van der Waals surface area (Å²) >= 11 is 7.37. The summed E-state index contributed by atoms with van der Waals surface area (Å²) in [6.07, 6.45) is 2.51. The zero-order chi connectivity index (χ0) is 23.1. The Labute approximate surface area is 196 Å². The van der Waals surface area contributed by atoms with Gasteiger partial charge >= 0.3 is 5.97 Å². The SMILES string of the molecule is CCc1ccc(C(C)NC(=O)COC(=O)CSc2nncn2-c2ccc(C)c(Cl)c2)cc1. The number of amides is 1. The average molecular weight is 473 g/mol. The van der Waals surface area contributed by atoms with Crippen LogP contribution < -0.4 is 5.32 Å². The topological polar surface area (TPSA) is 86.1 Å². The van der Waals surface area contributed by atoms with Crippen LogP contribution in [0.2, 0.25) is 5.02 Å². The molecule has 1 unspecified atom stereocenters. The number of carbonyl (C=O) groups is 2. The second-order valence-corrected chi connectivity index (χ2v) is 8.60. The molecule has 2 aromatic carbocycles. The molecule has 0 saturated heterocycles. The smallest absolute Gasteiger partial charge is 0.316 e. The molecule has 1 aromatic heterocycles. The van der Waals surface area contributed by atoms with Gasteiger partial charge in [-0.3, -0.25) is 14.2 Å². The molecular formula is C23H25ClN4O3S. The number of hydrogen-bond acceptors (Lipinski definition) is 6. The predicted octanol–water partition coefficient (Wildman–Crippen LogP) is 4.30. The van der Waals surface area contributed by atoms with Crippen LogP contribution in [-0.4, -0.2) is 39.0 Å². The number of rotatable bonds is 9. The van der Waals surface area contributed by atoms with Gasteiger partial charge in [0.05, 0.1) is 17.5 Å². The predicted molar refractivity (Wildman–Crippen MR) is 125 cm³/mol. The highest BCUT2D eigenvalue weighted by molar-refractivity contribution is 7.99. The number of hydrogen-bond donors (Lipinski definition) is 1. The van der Waals surface area contributed by atoms with Gasteiger partial charge in [-0.2, -0.15) is 0 Å². The van der Waals surface area contributed by atoms with Crippen molar-refractivity contribution in [3.8, 4) is 5.69 Å². The Morgan fingerprint density at radius 3 is 2.66 bits per heavy atom. The number of nitrogens with zero attached hydrogens (tertiary/aromatic N) is 3. The molecule has 0 fully saturated rings. The van der Waals surface area contributed by atoms with Crippen LogP contribution in [0.15, 0.2) is 53.9 Å². The second kappa shape index (κ2) is 11.2. The van der Waals surface area contributed by atoms with Crippen LogP contribution in [0.4, 0.5) is 0 Å². The first-order chi connectivity index (χ1) is 15.4. The Balaban J connectivity index is 1.47. The maximum absolute atomic E-state index is 12.2. The summed E-state index contributed by atoms with van der Waals surface area (Å²) in [6, 6.07) is 13.5. The van der Waals surface area contributed by atoms with Gasteiger partial charge in [0.1, 0.15) is 6.33 Å².